The van der Waals surface area contributed by atoms with Gasteiger partial charge in [-0.05, 0) is 36.1 Å². The van der Waals surface area contributed by atoms with Gasteiger partial charge in [-0.15, -0.1) is 11.3 Å². The minimum atomic E-state index is -0.470. The molecule has 5 nitrogen and oxygen atoms in total. The Morgan fingerprint density at radius 1 is 1.03 bits per heavy atom. The molecule has 0 bridgehead atoms. The molecule has 0 N–H and O–H groups in total. The number of ether oxygens (including phenoxy) is 1. The fourth-order valence-electron chi connectivity index (χ4n) is 3.56. The molecule has 0 unspecified atom stereocenters. The number of hydrogen-bond donors (Lipinski definition) is 0. The highest BCUT2D eigenvalue weighted by Crippen LogP contribution is 2.31. The number of carbonyl (C=O) groups excluding carboxylic acids is 2. The molecule has 150 valence electrons. The van der Waals surface area contributed by atoms with Gasteiger partial charge in [0.25, 0.3) is 5.91 Å². The molecule has 0 radical (unpaired) electrons. The molecule has 1 fully saturated rings. The van der Waals surface area contributed by atoms with Gasteiger partial charge in [-0.25, -0.2) is 9.18 Å². The Hall–Kier alpha value is -2.93. The second-order valence-corrected chi connectivity index (χ2v) is 8.00. The van der Waals surface area contributed by atoms with Gasteiger partial charge in [0.1, 0.15) is 10.7 Å². The van der Waals surface area contributed by atoms with Gasteiger partial charge in [0.05, 0.1) is 5.69 Å². The molecule has 1 amide bonds. The number of halogens is 1. The zero-order valence-corrected chi connectivity index (χ0v) is 16.9. The minimum Gasteiger partial charge on any atom is -0.451 e. The van der Waals surface area contributed by atoms with E-state index in [1.54, 1.807) is 23.1 Å². The first kappa shape index (κ1) is 19.4. The Labute approximate surface area is 172 Å². The number of carbonyl (C=O) groups is 2. The van der Waals surface area contributed by atoms with E-state index in [1.165, 1.54) is 17.4 Å². The Bertz CT molecular complexity index is 1060. The number of benzene rings is 2. The molecule has 7 heteroatoms. The number of amides is 1. The molecular formula is C22H21FN2O3S. The number of esters is 1. The first-order chi connectivity index (χ1) is 14.0. The van der Waals surface area contributed by atoms with Crippen molar-refractivity contribution < 1.29 is 18.7 Å². The molecule has 2 aromatic carbocycles. The molecule has 1 aromatic heterocycles. The van der Waals surface area contributed by atoms with Crippen LogP contribution >= 0.6 is 11.3 Å². The average Bonchev–Trinajstić information content (AvgIpc) is 3.09. The topological polar surface area (TPSA) is 49.9 Å². The van der Waals surface area contributed by atoms with E-state index >= 15 is 0 Å². The Kier molecular flexibility index (Phi) is 5.49. The maximum absolute atomic E-state index is 13.9. The van der Waals surface area contributed by atoms with E-state index in [1.807, 2.05) is 36.1 Å². The van der Waals surface area contributed by atoms with Crippen LogP contribution in [-0.2, 0) is 9.53 Å². The lowest BCUT2D eigenvalue weighted by molar-refractivity contribution is -0.134. The molecule has 0 atom stereocenters. The molecular weight excluding hydrogens is 391 g/mol. The van der Waals surface area contributed by atoms with Crippen molar-refractivity contribution in [2.75, 3.05) is 37.7 Å². The minimum absolute atomic E-state index is 0.231. The molecule has 0 aliphatic carbocycles. The van der Waals surface area contributed by atoms with Crippen molar-refractivity contribution in [3.8, 4) is 0 Å². The highest BCUT2D eigenvalue weighted by molar-refractivity contribution is 7.21. The third-order valence-corrected chi connectivity index (χ3v) is 6.43. The summed E-state index contributed by atoms with van der Waals surface area (Å²) in [5.41, 5.74) is 1.42. The van der Waals surface area contributed by atoms with E-state index in [2.05, 4.69) is 0 Å². The van der Waals surface area contributed by atoms with Gasteiger partial charge in [0, 0.05) is 30.9 Å². The van der Waals surface area contributed by atoms with Gasteiger partial charge in [0.2, 0.25) is 0 Å². The molecule has 1 aliphatic heterocycles. The van der Waals surface area contributed by atoms with E-state index in [4.69, 9.17) is 4.74 Å². The number of para-hydroxylation sites is 1. The fraction of sp³-hybridized carbons (Fsp3) is 0.273. The molecule has 0 spiro atoms. The van der Waals surface area contributed by atoms with Crippen LogP contribution in [0.25, 0.3) is 10.1 Å². The predicted molar refractivity (Wildman–Crippen MR) is 112 cm³/mol. The van der Waals surface area contributed by atoms with Crippen LogP contribution in [0.1, 0.15) is 15.2 Å². The summed E-state index contributed by atoms with van der Waals surface area (Å²) in [6.07, 6.45) is 0. The number of fused-ring (bicyclic) bond motifs is 1. The summed E-state index contributed by atoms with van der Waals surface area (Å²) in [6, 6.07) is 14.4. The first-order valence-electron chi connectivity index (χ1n) is 9.47. The van der Waals surface area contributed by atoms with E-state index in [9.17, 15) is 14.0 Å². The maximum Gasteiger partial charge on any atom is 0.349 e. The maximum atomic E-state index is 13.9. The molecule has 4 rings (SSSR count). The van der Waals surface area contributed by atoms with Gasteiger partial charge < -0.3 is 14.5 Å². The standard InChI is InChI=1S/C22H21FN2O3S/c1-15-16-6-2-5-9-19(16)29-21(15)22(27)28-14-20(26)25-12-10-24(11-13-25)18-8-4-3-7-17(18)23/h2-9H,10-14H2,1H3. The summed E-state index contributed by atoms with van der Waals surface area (Å²) < 4.78 is 20.2. The van der Waals surface area contributed by atoms with Crippen molar-refractivity contribution in [1.29, 1.82) is 0 Å². The van der Waals surface area contributed by atoms with Crippen molar-refractivity contribution in [1.82, 2.24) is 4.90 Å². The Morgan fingerprint density at radius 3 is 2.45 bits per heavy atom. The molecule has 3 aromatic rings. The summed E-state index contributed by atoms with van der Waals surface area (Å²) >= 11 is 1.38. The third kappa shape index (κ3) is 3.96. The Balaban J connectivity index is 1.32. The van der Waals surface area contributed by atoms with Crippen LogP contribution < -0.4 is 4.90 Å². The summed E-state index contributed by atoms with van der Waals surface area (Å²) in [6.45, 7) is 3.61. The van der Waals surface area contributed by atoms with Crippen molar-refractivity contribution >= 4 is 39.0 Å². The SMILES string of the molecule is Cc1c(C(=O)OCC(=O)N2CCN(c3ccccc3F)CC2)sc2ccccc12. The lowest BCUT2D eigenvalue weighted by Gasteiger charge is -2.36. The lowest BCUT2D eigenvalue weighted by Crippen LogP contribution is -2.50. The van der Waals surface area contributed by atoms with Crippen molar-refractivity contribution in [2.45, 2.75) is 6.92 Å². The third-order valence-electron chi connectivity index (χ3n) is 5.18. The highest BCUT2D eigenvalue weighted by Gasteiger charge is 2.24. The number of aryl methyl sites for hydroxylation is 1. The molecule has 29 heavy (non-hydrogen) atoms. The van der Waals surface area contributed by atoms with Gasteiger partial charge in [-0.2, -0.15) is 0 Å². The second-order valence-electron chi connectivity index (χ2n) is 6.95. The van der Waals surface area contributed by atoms with Crippen LogP contribution in [0.3, 0.4) is 0 Å². The number of piperazine rings is 1. The van der Waals surface area contributed by atoms with Crippen molar-refractivity contribution in [2.24, 2.45) is 0 Å². The van der Waals surface area contributed by atoms with Crippen LogP contribution in [0.4, 0.5) is 10.1 Å². The summed E-state index contributed by atoms with van der Waals surface area (Å²) in [5.74, 6) is -0.966. The van der Waals surface area contributed by atoms with Gasteiger partial charge >= 0.3 is 5.97 Å². The fourth-order valence-corrected chi connectivity index (χ4v) is 4.66. The monoisotopic (exact) mass is 412 g/mol. The largest absolute Gasteiger partial charge is 0.451 e. The molecule has 0 saturated carbocycles. The quantitative estimate of drug-likeness (QED) is 0.611. The van der Waals surface area contributed by atoms with Crippen LogP contribution in [-0.4, -0.2) is 49.6 Å². The van der Waals surface area contributed by atoms with Crippen LogP contribution in [0, 0.1) is 12.7 Å². The van der Waals surface area contributed by atoms with E-state index in [-0.39, 0.29) is 18.3 Å². The Morgan fingerprint density at radius 2 is 1.72 bits per heavy atom. The average molecular weight is 412 g/mol. The zero-order valence-electron chi connectivity index (χ0n) is 16.1. The summed E-state index contributed by atoms with van der Waals surface area (Å²) in [7, 11) is 0. The summed E-state index contributed by atoms with van der Waals surface area (Å²) in [4.78, 5) is 29.0. The van der Waals surface area contributed by atoms with Gasteiger partial charge in [-0.1, -0.05) is 30.3 Å². The van der Waals surface area contributed by atoms with Crippen LogP contribution in [0.2, 0.25) is 0 Å². The number of hydrogen-bond acceptors (Lipinski definition) is 5. The van der Waals surface area contributed by atoms with Crippen molar-refractivity contribution in [3.05, 3.63) is 64.8 Å². The van der Waals surface area contributed by atoms with Crippen LogP contribution in [0.15, 0.2) is 48.5 Å². The molecule has 2 heterocycles. The zero-order chi connectivity index (χ0) is 20.4. The van der Waals surface area contributed by atoms with Crippen molar-refractivity contribution in [3.63, 3.8) is 0 Å². The van der Waals surface area contributed by atoms with E-state index in [0.29, 0.717) is 36.7 Å². The number of nitrogens with zero attached hydrogens (tertiary/aromatic N) is 2. The number of rotatable bonds is 4. The molecule has 1 aliphatic rings. The van der Waals surface area contributed by atoms with Crippen LogP contribution in [0.5, 0.6) is 0 Å². The molecule has 1 saturated heterocycles. The predicted octanol–water partition coefficient (Wildman–Crippen LogP) is 3.85. The number of thiophene rings is 1. The van der Waals surface area contributed by atoms with E-state index < -0.39 is 5.97 Å². The van der Waals surface area contributed by atoms with E-state index in [0.717, 1.165) is 15.6 Å². The van der Waals surface area contributed by atoms with Gasteiger partial charge in [-0.3, -0.25) is 4.79 Å². The lowest BCUT2D eigenvalue weighted by atomic mass is 10.1. The first-order valence-corrected chi connectivity index (χ1v) is 10.3. The smallest absolute Gasteiger partial charge is 0.349 e. The summed E-state index contributed by atoms with van der Waals surface area (Å²) in [5, 5.41) is 1.03. The second kappa shape index (κ2) is 8.21. The number of anilines is 1. The highest BCUT2D eigenvalue weighted by atomic mass is 32.1. The normalized spacial score (nSPS) is 14.3. The van der Waals surface area contributed by atoms with Gasteiger partial charge in [0.15, 0.2) is 6.61 Å².